The summed E-state index contributed by atoms with van der Waals surface area (Å²) in [6, 6.07) is 59.0. The van der Waals surface area contributed by atoms with Crippen molar-refractivity contribution in [3.63, 3.8) is 0 Å². The van der Waals surface area contributed by atoms with Crippen molar-refractivity contribution in [3.8, 4) is 56.4 Å². The van der Waals surface area contributed by atoms with Crippen LogP contribution in [-0.4, -0.2) is 15.0 Å². The van der Waals surface area contributed by atoms with Gasteiger partial charge in [0.25, 0.3) is 0 Å². The van der Waals surface area contributed by atoms with Crippen molar-refractivity contribution < 1.29 is 0 Å². The lowest BCUT2D eigenvalue weighted by Crippen LogP contribution is -2.14. The number of aromatic nitrogens is 3. The number of hydrogen-bond donors (Lipinski definition) is 0. The van der Waals surface area contributed by atoms with Crippen LogP contribution in [0.5, 0.6) is 0 Å². The lowest BCUT2D eigenvalue weighted by atomic mass is 9.82. The van der Waals surface area contributed by atoms with E-state index in [9.17, 15) is 0 Å². The molecule has 0 spiro atoms. The Kier molecular flexibility index (Phi) is 6.77. The van der Waals surface area contributed by atoms with Gasteiger partial charge < -0.3 is 0 Å². The molecule has 8 aromatic carbocycles. The summed E-state index contributed by atoms with van der Waals surface area (Å²) in [5.74, 6) is 1.99. The molecule has 0 fully saturated rings. The molecule has 0 unspecified atom stereocenters. The van der Waals surface area contributed by atoms with Gasteiger partial charge in [-0.3, -0.25) is 0 Å². The van der Waals surface area contributed by atoms with E-state index < -0.39 is 0 Å². The van der Waals surface area contributed by atoms with E-state index in [2.05, 4.69) is 159 Å². The van der Waals surface area contributed by atoms with Gasteiger partial charge in [-0.05, 0) is 79.9 Å². The smallest absolute Gasteiger partial charge is 0.164 e. The Bertz CT molecular complexity index is 3140. The topological polar surface area (TPSA) is 38.7 Å². The molecule has 1 aliphatic rings. The Morgan fingerprint density at radius 2 is 0.981 bits per heavy atom. The SMILES string of the molecule is CC1(C)c2ccccc2-c2cc(-c3ccc4sc5c6cc(-c7nc(-c8ccccc8)nc(-c8ccc9ccccc9c8)n7)ccc6ccc5c4c3)ccc21. The first kappa shape index (κ1) is 31.1. The predicted molar refractivity (Wildman–Crippen MR) is 227 cm³/mol. The maximum atomic E-state index is 5.11. The summed E-state index contributed by atoms with van der Waals surface area (Å²) in [5.41, 5.74) is 10.9. The first-order valence-corrected chi connectivity index (χ1v) is 19.2. The van der Waals surface area contributed by atoms with Gasteiger partial charge in [0.05, 0.1) is 0 Å². The van der Waals surface area contributed by atoms with Crippen LogP contribution in [0.2, 0.25) is 0 Å². The van der Waals surface area contributed by atoms with Crippen molar-refractivity contribution >= 4 is 53.1 Å². The number of hydrogen-bond acceptors (Lipinski definition) is 4. The molecule has 0 aliphatic heterocycles. The zero-order valence-electron chi connectivity index (χ0n) is 29.8. The van der Waals surface area contributed by atoms with Gasteiger partial charge in [-0.2, -0.15) is 0 Å². The summed E-state index contributed by atoms with van der Waals surface area (Å²) in [4.78, 5) is 15.2. The number of fused-ring (bicyclic) bond motifs is 9. The molecule has 4 heteroatoms. The van der Waals surface area contributed by atoms with E-state index in [1.54, 1.807) is 0 Å². The Morgan fingerprint density at radius 1 is 0.389 bits per heavy atom. The van der Waals surface area contributed by atoms with E-state index in [0.717, 1.165) is 22.1 Å². The molecule has 0 amide bonds. The fraction of sp³-hybridized carbons (Fsp3) is 0.0600. The average Bonchev–Trinajstić information content (AvgIpc) is 3.72. The number of thiophene rings is 1. The highest BCUT2D eigenvalue weighted by Gasteiger charge is 2.35. The van der Waals surface area contributed by atoms with E-state index in [1.807, 2.05) is 29.5 Å². The highest BCUT2D eigenvalue weighted by molar-refractivity contribution is 7.26. The highest BCUT2D eigenvalue weighted by Crippen LogP contribution is 2.50. The molecule has 10 aromatic rings. The van der Waals surface area contributed by atoms with Crippen LogP contribution < -0.4 is 0 Å². The minimum Gasteiger partial charge on any atom is -0.208 e. The number of benzene rings is 8. The quantitative estimate of drug-likeness (QED) is 0.183. The van der Waals surface area contributed by atoms with Crippen LogP contribution in [0.1, 0.15) is 25.0 Å². The summed E-state index contributed by atoms with van der Waals surface area (Å²) in [6.45, 7) is 4.67. The molecule has 3 nitrogen and oxygen atoms in total. The molecule has 54 heavy (non-hydrogen) atoms. The van der Waals surface area contributed by atoms with Crippen molar-refractivity contribution in [2.75, 3.05) is 0 Å². The number of nitrogens with zero attached hydrogens (tertiary/aromatic N) is 3. The second-order valence-electron chi connectivity index (χ2n) is 14.9. The lowest BCUT2D eigenvalue weighted by Gasteiger charge is -2.21. The molecule has 2 heterocycles. The molecule has 0 bridgehead atoms. The van der Waals surface area contributed by atoms with E-state index in [0.29, 0.717) is 17.5 Å². The van der Waals surface area contributed by atoms with Gasteiger partial charge in [0.15, 0.2) is 17.5 Å². The maximum absolute atomic E-state index is 5.11. The molecule has 0 saturated heterocycles. The van der Waals surface area contributed by atoms with Gasteiger partial charge in [0.2, 0.25) is 0 Å². The van der Waals surface area contributed by atoms with Gasteiger partial charge in [0, 0.05) is 47.7 Å². The molecule has 11 rings (SSSR count). The van der Waals surface area contributed by atoms with E-state index in [4.69, 9.17) is 15.0 Å². The van der Waals surface area contributed by atoms with Gasteiger partial charge in [-0.1, -0.05) is 147 Å². The standard InChI is InChI=1S/C50H33N3S/c1-50(2)43-15-9-8-14-38(43)41-27-34(21-24-44(41)50)35-22-25-45-42(28-35)39-23-20-31-17-19-37(29-40(31)46(39)54-45)49-52-47(32-11-4-3-5-12-32)51-48(53-49)36-18-16-30-10-6-7-13-33(30)26-36/h3-29H,1-2H3. The van der Waals surface area contributed by atoms with E-state index in [1.165, 1.54) is 69.7 Å². The third-order valence-electron chi connectivity index (χ3n) is 11.3. The van der Waals surface area contributed by atoms with Crippen molar-refractivity contribution in [1.29, 1.82) is 0 Å². The van der Waals surface area contributed by atoms with E-state index >= 15 is 0 Å². The Hall–Kier alpha value is -6.49. The van der Waals surface area contributed by atoms with Crippen LogP contribution in [0.25, 0.3) is 98.1 Å². The predicted octanol–water partition coefficient (Wildman–Crippen LogP) is 13.5. The summed E-state index contributed by atoms with van der Waals surface area (Å²) in [6.07, 6.45) is 0. The van der Waals surface area contributed by atoms with Gasteiger partial charge in [-0.25, -0.2) is 15.0 Å². The van der Waals surface area contributed by atoms with Crippen molar-refractivity contribution in [2.24, 2.45) is 0 Å². The monoisotopic (exact) mass is 707 g/mol. The van der Waals surface area contributed by atoms with Crippen LogP contribution in [0.4, 0.5) is 0 Å². The molecule has 254 valence electrons. The second kappa shape index (κ2) is 11.8. The summed E-state index contributed by atoms with van der Waals surface area (Å²) < 4.78 is 2.56. The average molecular weight is 708 g/mol. The number of rotatable bonds is 4. The minimum absolute atomic E-state index is 0.000299. The zero-order chi connectivity index (χ0) is 36.0. The molecule has 2 aromatic heterocycles. The first-order chi connectivity index (χ1) is 26.5. The Morgan fingerprint density at radius 3 is 1.81 bits per heavy atom. The molecule has 0 N–H and O–H groups in total. The van der Waals surface area contributed by atoms with Crippen LogP contribution in [0.3, 0.4) is 0 Å². The summed E-state index contributed by atoms with van der Waals surface area (Å²) in [7, 11) is 0. The van der Waals surface area contributed by atoms with Crippen LogP contribution in [-0.2, 0) is 5.41 Å². The molecule has 0 saturated carbocycles. The normalized spacial score (nSPS) is 13.1. The third-order valence-corrected chi connectivity index (χ3v) is 12.5. The van der Waals surface area contributed by atoms with Crippen LogP contribution in [0.15, 0.2) is 164 Å². The van der Waals surface area contributed by atoms with E-state index in [-0.39, 0.29) is 5.41 Å². The van der Waals surface area contributed by atoms with Crippen LogP contribution in [0, 0.1) is 0 Å². The largest absolute Gasteiger partial charge is 0.208 e. The first-order valence-electron chi connectivity index (χ1n) is 18.4. The van der Waals surface area contributed by atoms with Gasteiger partial charge in [-0.15, -0.1) is 11.3 Å². The Balaban J connectivity index is 1.04. The molecular weight excluding hydrogens is 675 g/mol. The minimum atomic E-state index is 0.000299. The van der Waals surface area contributed by atoms with Gasteiger partial charge in [0.1, 0.15) is 0 Å². The molecule has 0 atom stereocenters. The van der Waals surface area contributed by atoms with Crippen molar-refractivity contribution in [1.82, 2.24) is 15.0 Å². The van der Waals surface area contributed by atoms with Crippen molar-refractivity contribution in [2.45, 2.75) is 19.3 Å². The lowest BCUT2D eigenvalue weighted by molar-refractivity contribution is 0.660. The zero-order valence-corrected chi connectivity index (χ0v) is 30.7. The molecule has 0 radical (unpaired) electrons. The van der Waals surface area contributed by atoms with Crippen LogP contribution >= 0.6 is 11.3 Å². The summed E-state index contributed by atoms with van der Waals surface area (Å²) >= 11 is 1.86. The fourth-order valence-electron chi connectivity index (χ4n) is 8.45. The highest BCUT2D eigenvalue weighted by atomic mass is 32.1. The molecular formula is C50H33N3S. The maximum Gasteiger partial charge on any atom is 0.164 e. The fourth-order valence-corrected chi connectivity index (χ4v) is 9.66. The molecule has 1 aliphatic carbocycles. The second-order valence-corrected chi connectivity index (χ2v) is 15.9. The third kappa shape index (κ3) is 4.84. The van der Waals surface area contributed by atoms with Crippen molar-refractivity contribution in [3.05, 3.63) is 175 Å². The summed E-state index contributed by atoms with van der Waals surface area (Å²) in [5, 5.41) is 7.31. The van der Waals surface area contributed by atoms with Gasteiger partial charge >= 0.3 is 0 Å². The Labute approximate surface area is 317 Å².